The minimum absolute atomic E-state index is 0.0274. The fourth-order valence-corrected chi connectivity index (χ4v) is 5.27. The third-order valence-corrected chi connectivity index (χ3v) is 7.02. The Hall–Kier alpha value is -3.52. The second kappa shape index (κ2) is 8.61. The van der Waals surface area contributed by atoms with Crippen LogP contribution in [0.5, 0.6) is 0 Å². The molecule has 4 heterocycles. The van der Waals surface area contributed by atoms with Crippen LogP contribution in [-0.4, -0.2) is 26.0 Å². The standard InChI is InChI=1S/C27H24F2N4O2/c1-15-11-17(7-9-30-15)24-12-16(8-10-35-24)23-14-25-31-22-4-2-3-20(22)27(34)33(25)26(32-23)19-6-5-18(28)13-21(19)29/h5-7,9,11,13-14,16,24H,2-4,8,10,12H2,1H3/t16-,24?/m0/s1. The lowest BCUT2D eigenvalue weighted by Gasteiger charge is -2.30. The molecule has 1 aliphatic heterocycles. The maximum Gasteiger partial charge on any atom is 0.263 e. The van der Waals surface area contributed by atoms with Gasteiger partial charge < -0.3 is 4.74 Å². The zero-order valence-electron chi connectivity index (χ0n) is 19.3. The van der Waals surface area contributed by atoms with E-state index in [-0.39, 0.29) is 29.0 Å². The van der Waals surface area contributed by atoms with Gasteiger partial charge in [0.15, 0.2) is 5.82 Å². The summed E-state index contributed by atoms with van der Waals surface area (Å²) in [4.78, 5) is 27.3. The summed E-state index contributed by atoms with van der Waals surface area (Å²) in [6.45, 7) is 2.49. The molecule has 2 aliphatic rings. The highest BCUT2D eigenvalue weighted by Gasteiger charge is 2.29. The lowest BCUT2D eigenvalue weighted by molar-refractivity contribution is 0.00457. The van der Waals surface area contributed by atoms with Gasteiger partial charge in [0, 0.05) is 47.8 Å². The normalized spacial score (nSPS) is 19.7. The van der Waals surface area contributed by atoms with Crippen molar-refractivity contribution in [1.29, 1.82) is 0 Å². The predicted octanol–water partition coefficient (Wildman–Crippen LogP) is 4.86. The molecule has 2 atom stereocenters. The van der Waals surface area contributed by atoms with Crippen LogP contribution >= 0.6 is 0 Å². The topological polar surface area (TPSA) is 69.4 Å². The number of benzene rings is 1. The summed E-state index contributed by atoms with van der Waals surface area (Å²) in [6.07, 6.45) is 5.34. The van der Waals surface area contributed by atoms with Gasteiger partial charge in [0.05, 0.1) is 17.4 Å². The van der Waals surface area contributed by atoms with Crippen molar-refractivity contribution in [3.8, 4) is 11.4 Å². The molecule has 6 nitrogen and oxygen atoms in total. The SMILES string of the molecule is Cc1cc(C2C[C@@H](c3cc4nc5c(c(=O)n4c(-c4ccc(F)cc4F)n3)CCC5)CCO2)ccn1. The Kier molecular flexibility index (Phi) is 5.40. The average molecular weight is 475 g/mol. The third-order valence-electron chi connectivity index (χ3n) is 7.02. The van der Waals surface area contributed by atoms with Crippen LogP contribution in [0.4, 0.5) is 8.78 Å². The Morgan fingerprint density at radius 3 is 2.80 bits per heavy atom. The van der Waals surface area contributed by atoms with E-state index < -0.39 is 11.6 Å². The molecule has 4 aromatic rings. The van der Waals surface area contributed by atoms with Gasteiger partial charge in [-0.15, -0.1) is 0 Å². The summed E-state index contributed by atoms with van der Waals surface area (Å²) < 4.78 is 36.0. The smallest absolute Gasteiger partial charge is 0.263 e. The van der Waals surface area contributed by atoms with Crippen molar-refractivity contribution < 1.29 is 13.5 Å². The van der Waals surface area contributed by atoms with E-state index in [9.17, 15) is 13.6 Å². The Labute approximate surface area is 200 Å². The van der Waals surface area contributed by atoms with Crippen LogP contribution in [-0.2, 0) is 17.6 Å². The molecule has 1 fully saturated rings. The van der Waals surface area contributed by atoms with Crippen molar-refractivity contribution in [3.63, 3.8) is 0 Å². The minimum atomic E-state index is -0.763. The highest BCUT2D eigenvalue weighted by Crippen LogP contribution is 2.38. The molecule has 1 saturated heterocycles. The van der Waals surface area contributed by atoms with E-state index in [1.807, 2.05) is 25.1 Å². The summed E-state index contributed by atoms with van der Waals surface area (Å²) >= 11 is 0. The van der Waals surface area contributed by atoms with E-state index in [0.717, 1.165) is 48.0 Å². The minimum Gasteiger partial charge on any atom is -0.373 e. The second-order valence-electron chi connectivity index (χ2n) is 9.33. The van der Waals surface area contributed by atoms with Crippen LogP contribution in [0.2, 0.25) is 0 Å². The van der Waals surface area contributed by atoms with Gasteiger partial charge in [0.2, 0.25) is 0 Å². The van der Waals surface area contributed by atoms with Gasteiger partial charge in [-0.1, -0.05) is 0 Å². The van der Waals surface area contributed by atoms with Crippen molar-refractivity contribution >= 4 is 5.65 Å². The molecule has 0 saturated carbocycles. The van der Waals surface area contributed by atoms with E-state index in [1.54, 1.807) is 6.20 Å². The van der Waals surface area contributed by atoms with Crippen LogP contribution in [0.15, 0.2) is 47.4 Å². The maximum atomic E-state index is 14.9. The molecular weight excluding hydrogens is 450 g/mol. The molecular formula is C27H24F2N4O2. The number of hydrogen-bond donors (Lipinski definition) is 0. The van der Waals surface area contributed by atoms with Crippen LogP contribution in [0.25, 0.3) is 17.0 Å². The van der Waals surface area contributed by atoms with E-state index >= 15 is 0 Å². The molecule has 1 unspecified atom stereocenters. The van der Waals surface area contributed by atoms with Gasteiger partial charge in [-0.05, 0) is 68.9 Å². The predicted molar refractivity (Wildman–Crippen MR) is 126 cm³/mol. The number of halogens is 2. The fraction of sp³-hybridized carbons (Fsp3) is 0.333. The van der Waals surface area contributed by atoms with Crippen molar-refractivity contribution in [1.82, 2.24) is 19.4 Å². The molecule has 0 amide bonds. The summed E-state index contributed by atoms with van der Waals surface area (Å²) in [5.74, 6) is -1.26. The first-order chi connectivity index (χ1) is 17.0. The van der Waals surface area contributed by atoms with Gasteiger partial charge in [0.25, 0.3) is 5.56 Å². The molecule has 0 N–H and O–H groups in total. The van der Waals surface area contributed by atoms with E-state index in [1.165, 1.54) is 16.5 Å². The summed E-state index contributed by atoms with van der Waals surface area (Å²) in [5.41, 5.74) is 4.46. The second-order valence-corrected chi connectivity index (χ2v) is 9.33. The highest BCUT2D eigenvalue weighted by atomic mass is 19.1. The van der Waals surface area contributed by atoms with Gasteiger partial charge in [-0.2, -0.15) is 0 Å². The van der Waals surface area contributed by atoms with Crippen LogP contribution in [0, 0.1) is 18.6 Å². The van der Waals surface area contributed by atoms with Crippen molar-refractivity contribution in [2.45, 2.75) is 51.0 Å². The first kappa shape index (κ1) is 22.0. The van der Waals surface area contributed by atoms with E-state index in [0.29, 0.717) is 30.7 Å². The molecule has 178 valence electrons. The van der Waals surface area contributed by atoms with E-state index in [2.05, 4.69) is 4.98 Å². The molecule has 6 rings (SSSR count). The molecule has 1 aromatic carbocycles. The summed E-state index contributed by atoms with van der Waals surface area (Å²) in [5, 5.41) is 0. The highest BCUT2D eigenvalue weighted by molar-refractivity contribution is 5.61. The lowest BCUT2D eigenvalue weighted by Crippen LogP contribution is -2.25. The number of hydrogen-bond acceptors (Lipinski definition) is 5. The van der Waals surface area contributed by atoms with Gasteiger partial charge in [-0.25, -0.2) is 23.1 Å². The van der Waals surface area contributed by atoms with Crippen molar-refractivity contribution in [3.05, 3.63) is 92.8 Å². The summed E-state index contributed by atoms with van der Waals surface area (Å²) in [7, 11) is 0. The number of pyridine rings is 1. The molecule has 1 aliphatic carbocycles. The number of aryl methyl sites for hydroxylation is 2. The zero-order valence-corrected chi connectivity index (χ0v) is 19.3. The number of aromatic nitrogens is 4. The van der Waals surface area contributed by atoms with E-state index in [4.69, 9.17) is 14.7 Å². The Bertz CT molecular complexity index is 1520. The number of fused-ring (bicyclic) bond motifs is 2. The van der Waals surface area contributed by atoms with Crippen LogP contribution < -0.4 is 5.56 Å². The fourth-order valence-electron chi connectivity index (χ4n) is 5.27. The van der Waals surface area contributed by atoms with Gasteiger partial charge >= 0.3 is 0 Å². The molecule has 0 radical (unpaired) electrons. The first-order valence-electron chi connectivity index (χ1n) is 11.9. The monoisotopic (exact) mass is 474 g/mol. The zero-order chi connectivity index (χ0) is 24.1. The Morgan fingerprint density at radius 1 is 1.09 bits per heavy atom. The van der Waals surface area contributed by atoms with Crippen molar-refractivity contribution in [2.24, 2.45) is 0 Å². The maximum absolute atomic E-state index is 14.9. The number of rotatable bonds is 3. The lowest BCUT2D eigenvalue weighted by atomic mass is 9.89. The third kappa shape index (κ3) is 3.91. The van der Waals surface area contributed by atoms with Gasteiger partial charge in [0.1, 0.15) is 17.3 Å². The largest absolute Gasteiger partial charge is 0.373 e. The van der Waals surface area contributed by atoms with Crippen LogP contribution in [0.1, 0.15) is 59.5 Å². The molecule has 0 bridgehead atoms. The molecule has 0 spiro atoms. The summed E-state index contributed by atoms with van der Waals surface area (Å²) in [6, 6.07) is 9.15. The number of ether oxygens (including phenoxy) is 1. The molecule has 8 heteroatoms. The molecule has 35 heavy (non-hydrogen) atoms. The van der Waals surface area contributed by atoms with Gasteiger partial charge in [-0.3, -0.25) is 9.78 Å². The Balaban J connectivity index is 1.50. The average Bonchev–Trinajstić information content (AvgIpc) is 3.33. The number of nitrogens with zero attached hydrogens (tertiary/aromatic N) is 4. The Morgan fingerprint density at radius 2 is 1.97 bits per heavy atom. The quantitative estimate of drug-likeness (QED) is 0.424. The van der Waals surface area contributed by atoms with Crippen molar-refractivity contribution in [2.75, 3.05) is 6.61 Å². The molecule has 3 aromatic heterocycles. The van der Waals surface area contributed by atoms with Crippen LogP contribution in [0.3, 0.4) is 0 Å². The first-order valence-corrected chi connectivity index (χ1v) is 11.9.